The Labute approximate surface area is 155 Å². The minimum absolute atomic E-state index is 0.177. The van der Waals surface area contributed by atoms with Gasteiger partial charge in [-0.25, -0.2) is 8.42 Å². The van der Waals surface area contributed by atoms with Gasteiger partial charge in [-0.1, -0.05) is 17.7 Å². The van der Waals surface area contributed by atoms with Crippen molar-refractivity contribution in [2.45, 2.75) is 11.8 Å². The monoisotopic (exact) mass is 400 g/mol. The molecule has 6 nitrogen and oxygen atoms in total. The molecule has 2 aromatic rings. The molecule has 0 aliphatic carbocycles. The predicted molar refractivity (Wildman–Crippen MR) is 98.0 cm³/mol. The largest absolute Gasteiger partial charge is 0.379 e. The number of morpholine rings is 1. The molecule has 1 N–H and O–H groups in total. The first-order valence-corrected chi connectivity index (χ1v) is 10.3. The topological polar surface area (TPSA) is 75.7 Å². The molecule has 0 bridgehead atoms. The lowest BCUT2D eigenvalue weighted by atomic mass is 10.3. The van der Waals surface area contributed by atoms with Crippen LogP contribution in [0.3, 0.4) is 0 Å². The summed E-state index contributed by atoms with van der Waals surface area (Å²) in [5.74, 6) is -0.362. The third-order valence-corrected chi connectivity index (χ3v) is 7.20. The Kier molecular flexibility index (Phi) is 5.45. The molecular formula is C16H17ClN2O4S2. The molecule has 0 radical (unpaired) electrons. The van der Waals surface area contributed by atoms with Gasteiger partial charge in [-0.3, -0.25) is 4.79 Å². The number of amides is 1. The van der Waals surface area contributed by atoms with Crippen LogP contribution in [-0.2, 0) is 14.8 Å². The van der Waals surface area contributed by atoms with E-state index in [4.69, 9.17) is 16.3 Å². The molecule has 134 valence electrons. The highest BCUT2D eigenvalue weighted by Gasteiger charge is 2.30. The quantitative estimate of drug-likeness (QED) is 0.856. The number of hydrogen-bond donors (Lipinski definition) is 1. The number of carbonyl (C=O) groups is 1. The molecule has 25 heavy (non-hydrogen) atoms. The highest BCUT2D eigenvalue weighted by atomic mass is 35.5. The van der Waals surface area contributed by atoms with E-state index in [0.29, 0.717) is 46.8 Å². The summed E-state index contributed by atoms with van der Waals surface area (Å²) in [6, 6.07) is 8.22. The van der Waals surface area contributed by atoms with Gasteiger partial charge in [0, 0.05) is 28.7 Å². The third-order valence-electron chi connectivity index (χ3n) is 3.77. The van der Waals surface area contributed by atoms with Crippen LogP contribution in [0.5, 0.6) is 0 Å². The number of rotatable bonds is 4. The average molecular weight is 401 g/mol. The van der Waals surface area contributed by atoms with Crippen LogP contribution in [0.15, 0.2) is 35.2 Å². The van der Waals surface area contributed by atoms with Crippen molar-refractivity contribution in [1.29, 1.82) is 0 Å². The summed E-state index contributed by atoms with van der Waals surface area (Å²) in [5, 5.41) is 3.24. The fourth-order valence-electron chi connectivity index (χ4n) is 2.52. The van der Waals surface area contributed by atoms with E-state index in [9.17, 15) is 13.2 Å². The Bertz CT molecular complexity index is 889. The Morgan fingerprint density at radius 3 is 2.68 bits per heavy atom. The molecule has 1 aliphatic heterocycles. The molecule has 1 fully saturated rings. The molecule has 0 atom stereocenters. The number of ether oxygens (including phenoxy) is 1. The second kappa shape index (κ2) is 7.43. The number of nitrogens with one attached hydrogen (secondary N) is 1. The first-order valence-electron chi connectivity index (χ1n) is 7.63. The number of sulfonamides is 1. The molecule has 0 saturated carbocycles. The summed E-state index contributed by atoms with van der Waals surface area (Å²) >= 11 is 7.06. The normalized spacial score (nSPS) is 15.9. The van der Waals surface area contributed by atoms with Crippen LogP contribution in [0.2, 0.25) is 5.02 Å². The van der Waals surface area contributed by atoms with Crippen molar-refractivity contribution >= 4 is 44.6 Å². The molecular weight excluding hydrogens is 384 g/mol. The summed E-state index contributed by atoms with van der Waals surface area (Å²) in [6.07, 6.45) is 0. The lowest BCUT2D eigenvalue weighted by Crippen LogP contribution is -2.40. The van der Waals surface area contributed by atoms with Gasteiger partial charge in [0.1, 0.15) is 0 Å². The highest BCUT2D eigenvalue weighted by Crippen LogP contribution is 2.29. The molecule has 2 heterocycles. The van der Waals surface area contributed by atoms with Gasteiger partial charge in [0.05, 0.1) is 23.0 Å². The standard InChI is InChI=1S/C16H17ClN2O4S2/c1-11-15(25(21,22)19-5-7-23-8-6-19)10-14(24-11)16(20)18-13-4-2-3-12(17)9-13/h2-4,9-10H,5-8H2,1H3,(H,18,20). The third kappa shape index (κ3) is 4.04. The first kappa shape index (κ1) is 18.3. The fraction of sp³-hybridized carbons (Fsp3) is 0.312. The Balaban J connectivity index is 1.83. The maximum absolute atomic E-state index is 12.8. The maximum Gasteiger partial charge on any atom is 0.265 e. The molecule has 1 amide bonds. The van der Waals surface area contributed by atoms with Crippen LogP contribution in [0.25, 0.3) is 0 Å². The van der Waals surface area contributed by atoms with E-state index in [1.807, 2.05) is 0 Å². The van der Waals surface area contributed by atoms with Crippen molar-refractivity contribution in [3.05, 3.63) is 45.1 Å². The zero-order chi connectivity index (χ0) is 18.0. The van der Waals surface area contributed by atoms with Gasteiger partial charge in [0.15, 0.2) is 0 Å². The zero-order valence-corrected chi connectivity index (χ0v) is 15.9. The van der Waals surface area contributed by atoms with Crippen LogP contribution in [0.4, 0.5) is 5.69 Å². The molecule has 0 unspecified atom stereocenters. The minimum Gasteiger partial charge on any atom is -0.379 e. The summed E-state index contributed by atoms with van der Waals surface area (Å²) in [7, 11) is -3.62. The van der Waals surface area contributed by atoms with E-state index in [0.717, 1.165) is 11.3 Å². The van der Waals surface area contributed by atoms with Crippen molar-refractivity contribution < 1.29 is 17.9 Å². The van der Waals surface area contributed by atoms with Gasteiger partial charge in [0.2, 0.25) is 10.0 Å². The number of carbonyl (C=O) groups excluding carboxylic acids is 1. The van der Waals surface area contributed by atoms with Crippen molar-refractivity contribution in [1.82, 2.24) is 4.31 Å². The number of anilines is 1. The number of hydrogen-bond acceptors (Lipinski definition) is 5. The van der Waals surface area contributed by atoms with Crippen LogP contribution >= 0.6 is 22.9 Å². The van der Waals surface area contributed by atoms with Crippen LogP contribution < -0.4 is 5.32 Å². The lowest BCUT2D eigenvalue weighted by Gasteiger charge is -2.25. The van der Waals surface area contributed by atoms with E-state index in [2.05, 4.69) is 5.32 Å². The fourth-order valence-corrected chi connectivity index (χ4v) is 5.57. The summed E-state index contributed by atoms with van der Waals surface area (Å²) < 4.78 is 32.1. The Morgan fingerprint density at radius 1 is 1.28 bits per heavy atom. The Hall–Kier alpha value is -1.45. The first-order chi connectivity index (χ1) is 11.9. The smallest absolute Gasteiger partial charge is 0.265 e. The van der Waals surface area contributed by atoms with Crippen molar-refractivity contribution in [2.75, 3.05) is 31.6 Å². The van der Waals surface area contributed by atoms with Gasteiger partial charge in [-0.15, -0.1) is 11.3 Å². The second-order valence-electron chi connectivity index (χ2n) is 5.51. The van der Waals surface area contributed by atoms with E-state index in [-0.39, 0.29) is 10.8 Å². The lowest BCUT2D eigenvalue weighted by molar-refractivity contribution is 0.0730. The van der Waals surface area contributed by atoms with Gasteiger partial charge in [-0.05, 0) is 31.2 Å². The molecule has 0 spiro atoms. The van der Waals surface area contributed by atoms with Crippen molar-refractivity contribution in [3.8, 4) is 0 Å². The zero-order valence-electron chi connectivity index (χ0n) is 13.5. The average Bonchev–Trinajstić information content (AvgIpc) is 2.98. The molecule has 1 saturated heterocycles. The number of thiophene rings is 1. The van der Waals surface area contributed by atoms with E-state index in [1.165, 1.54) is 10.4 Å². The number of aryl methyl sites for hydroxylation is 1. The Morgan fingerprint density at radius 2 is 2.00 bits per heavy atom. The summed E-state index contributed by atoms with van der Waals surface area (Å²) in [6.45, 7) is 3.10. The van der Waals surface area contributed by atoms with Crippen LogP contribution in [0, 0.1) is 6.92 Å². The molecule has 3 rings (SSSR count). The van der Waals surface area contributed by atoms with Gasteiger partial charge in [-0.2, -0.15) is 4.31 Å². The molecule has 1 aromatic carbocycles. The minimum atomic E-state index is -3.62. The van der Waals surface area contributed by atoms with Crippen LogP contribution in [0.1, 0.15) is 14.5 Å². The molecule has 1 aromatic heterocycles. The van der Waals surface area contributed by atoms with E-state index >= 15 is 0 Å². The van der Waals surface area contributed by atoms with Crippen LogP contribution in [-0.4, -0.2) is 44.9 Å². The highest BCUT2D eigenvalue weighted by molar-refractivity contribution is 7.89. The number of halogens is 1. The van der Waals surface area contributed by atoms with E-state index < -0.39 is 10.0 Å². The molecule has 1 aliphatic rings. The predicted octanol–water partition coefficient (Wildman–Crippen LogP) is 2.98. The maximum atomic E-state index is 12.8. The van der Waals surface area contributed by atoms with Gasteiger partial charge < -0.3 is 10.1 Å². The van der Waals surface area contributed by atoms with Crippen molar-refractivity contribution in [2.24, 2.45) is 0 Å². The summed E-state index contributed by atoms with van der Waals surface area (Å²) in [5.41, 5.74) is 0.557. The SMILES string of the molecule is Cc1sc(C(=O)Nc2cccc(Cl)c2)cc1S(=O)(=O)N1CCOCC1. The van der Waals surface area contributed by atoms with E-state index in [1.54, 1.807) is 31.2 Å². The number of benzene rings is 1. The second-order valence-corrected chi connectivity index (χ2v) is 9.11. The van der Waals surface area contributed by atoms with Gasteiger partial charge >= 0.3 is 0 Å². The van der Waals surface area contributed by atoms with Gasteiger partial charge in [0.25, 0.3) is 5.91 Å². The molecule has 9 heteroatoms. The summed E-state index contributed by atoms with van der Waals surface area (Å²) in [4.78, 5) is 13.5. The number of nitrogens with zero attached hydrogens (tertiary/aromatic N) is 1. The van der Waals surface area contributed by atoms with Crippen molar-refractivity contribution in [3.63, 3.8) is 0 Å².